The minimum Gasteiger partial charge on any atom is -0.493 e. The van der Waals surface area contributed by atoms with E-state index >= 15 is 0 Å². The summed E-state index contributed by atoms with van der Waals surface area (Å²) in [6.45, 7) is 2.35. The third-order valence-corrected chi connectivity index (χ3v) is 4.55. The molecule has 0 bridgehead atoms. The number of ketones is 1. The summed E-state index contributed by atoms with van der Waals surface area (Å²) in [6.07, 6.45) is 19.8. The molecule has 3 rings (SSSR count). The molecule has 1 heterocycles. The average molecular weight is 321 g/mol. The van der Waals surface area contributed by atoms with E-state index in [9.17, 15) is 4.79 Å². The van der Waals surface area contributed by atoms with E-state index in [1.165, 1.54) is 5.57 Å². The third-order valence-electron chi connectivity index (χ3n) is 4.55. The molecule has 0 amide bonds. The molecular formula is C21H23NO2. The van der Waals surface area contributed by atoms with Gasteiger partial charge in [0.1, 0.15) is 5.76 Å². The van der Waals surface area contributed by atoms with E-state index in [1.54, 1.807) is 13.0 Å². The number of carbonyl (C=O) groups is 1. The molecule has 0 aromatic heterocycles. The number of nitrogens with zero attached hydrogens (tertiary/aromatic N) is 1. The summed E-state index contributed by atoms with van der Waals surface area (Å²) in [5, 5.41) is 0. The van der Waals surface area contributed by atoms with Crippen LogP contribution in [0.4, 0.5) is 0 Å². The molecule has 0 N–H and O–H groups in total. The van der Waals surface area contributed by atoms with Gasteiger partial charge in [-0.3, -0.25) is 9.79 Å². The summed E-state index contributed by atoms with van der Waals surface area (Å²) >= 11 is 0. The molecule has 2 aliphatic carbocycles. The first-order valence-electron chi connectivity index (χ1n) is 8.58. The Balaban J connectivity index is 1.47. The lowest BCUT2D eigenvalue weighted by Crippen LogP contribution is -2.14. The van der Waals surface area contributed by atoms with Gasteiger partial charge in [-0.1, -0.05) is 11.6 Å². The van der Waals surface area contributed by atoms with Crippen molar-refractivity contribution in [1.82, 2.24) is 0 Å². The van der Waals surface area contributed by atoms with Crippen molar-refractivity contribution in [1.29, 1.82) is 0 Å². The van der Waals surface area contributed by atoms with E-state index in [0.29, 0.717) is 5.92 Å². The molecule has 124 valence electrons. The Bertz CT molecular complexity index is 690. The lowest BCUT2D eigenvalue weighted by Gasteiger charge is -2.24. The van der Waals surface area contributed by atoms with Crippen LogP contribution in [-0.4, -0.2) is 18.6 Å². The van der Waals surface area contributed by atoms with Crippen LogP contribution >= 0.6 is 0 Å². The highest BCUT2D eigenvalue weighted by molar-refractivity contribution is 5.87. The quantitative estimate of drug-likeness (QED) is 0.554. The van der Waals surface area contributed by atoms with Gasteiger partial charge in [0.25, 0.3) is 0 Å². The van der Waals surface area contributed by atoms with Crippen molar-refractivity contribution in [3.63, 3.8) is 0 Å². The molecule has 3 aliphatic rings. The first kappa shape index (κ1) is 16.5. The van der Waals surface area contributed by atoms with Crippen LogP contribution in [0.5, 0.6) is 0 Å². The average Bonchev–Trinajstić information content (AvgIpc) is 3.00. The molecule has 24 heavy (non-hydrogen) atoms. The number of ether oxygens (including phenoxy) is 1. The van der Waals surface area contributed by atoms with Crippen LogP contribution in [0.25, 0.3) is 0 Å². The molecule has 0 radical (unpaired) electrons. The van der Waals surface area contributed by atoms with Crippen molar-refractivity contribution in [2.75, 3.05) is 6.61 Å². The van der Waals surface area contributed by atoms with Gasteiger partial charge < -0.3 is 4.74 Å². The highest BCUT2D eigenvalue weighted by Crippen LogP contribution is 2.29. The van der Waals surface area contributed by atoms with Crippen LogP contribution in [0.1, 0.15) is 32.6 Å². The zero-order chi connectivity index (χ0) is 16.8. The van der Waals surface area contributed by atoms with Crippen LogP contribution < -0.4 is 0 Å². The first-order valence-corrected chi connectivity index (χ1v) is 8.58. The van der Waals surface area contributed by atoms with Gasteiger partial charge in [0, 0.05) is 23.9 Å². The molecule has 0 saturated heterocycles. The van der Waals surface area contributed by atoms with Crippen molar-refractivity contribution in [2.24, 2.45) is 16.8 Å². The fourth-order valence-corrected chi connectivity index (χ4v) is 3.18. The zero-order valence-corrected chi connectivity index (χ0v) is 14.1. The lowest BCUT2D eigenvalue weighted by atomic mass is 9.86. The maximum Gasteiger partial charge on any atom is 0.152 e. The van der Waals surface area contributed by atoms with Crippen LogP contribution in [-0.2, 0) is 9.53 Å². The van der Waals surface area contributed by atoms with Crippen molar-refractivity contribution >= 4 is 12.0 Å². The van der Waals surface area contributed by atoms with E-state index in [4.69, 9.17) is 4.74 Å². The summed E-state index contributed by atoms with van der Waals surface area (Å²) in [6, 6.07) is 0. The van der Waals surface area contributed by atoms with Gasteiger partial charge in [0.05, 0.1) is 6.61 Å². The van der Waals surface area contributed by atoms with Crippen LogP contribution in [0.2, 0.25) is 0 Å². The van der Waals surface area contributed by atoms with Gasteiger partial charge in [-0.2, -0.15) is 0 Å². The first-order chi connectivity index (χ1) is 11.7. The Hall–Kier alpha value is -2.38. The lowest BCUT2D eigenvalue weighted by molar-refractivity contribution is -0.112. The van der Waals surface area contributed by atoms with Gasteiger partial charge >= 0.3 is 0 Å². The van der Waals surface area contributed by atoms with Crippen LogP contribution in [0, 0.1) is 11.8 Å². The predicted octanol–water partition coefficient (Wildman–Crippen LogP) is 4.46. The van der Waals surface area contributed by atoms with E-state index in [0.717, 1.165) is 43.6 Å². The highest BCUT2D eigenvalue weighted by Gasteiger charge is 2.18. The van der Waals surface area contributed by atoms with E-state index < -0.39 is 0 Å². The Labute approximate surface area is 143 Å². The molecule has 3 nitrogen and oxygen atoms in total. The van der Waals surface area contributed by atoms with Gasteiger partial charge in [0.15, 0.2) is 5.78 Å². The zero-order valence-electron chi connectivity index (χ0n) is 14.1. The minimum absolute atomic E-state index is 0.158. The number of carbonyl (C=O) groups excluding carboxylic acids is 1. The fourth-order valence-electron chi connectivity index (χ4n) is 3.18. The third kappa shape index (κ3) is 4.56. The maximum atomic E-state index is 11.1. The molecule has 1 fully saturated rings. The van der Waals surface area contributed by atoms with Crippen molar-refractivity contribution in [2.45, 2.75) is 32.6 Å². The van der Waals surface area contributed by atoms with E-state index in [2.05, 4.69) is 22.9 Å². The predicted molar refractivity (Wildman–Crippen MR) is 96.6 cm³/mol. The summed E-state index contributed by atoms with van der Waals surface area (Å²) in [5.74, 6) is 1.82. The van der Waals surface area contributed by atoms with Gasteiger partial charge in [0.2, 0.25) is 0 Å². The van der Waals surface area contributed by atoms with Crippen LogP contribution in [0.3, 0.4) is 0 Å². The molecule has 1 aliphatic heterocycles. The molecule has 0 aromatic carbocycles. The summed E-state index contributed by atoms with van der Waals surface area (Å²) in [7, 11) is 0. The minimum atomic E-state index is 0.158. The molecule has 1 atom stereocenters. The molecular weight excluding hydrogens is 298 g/mol. The Kier molecular flexibility index (Phi) is 5.45. The van der Waals surface area contributed by atoms with E-state index in [1.807, 2.05) is 30.6 Å². The van der Waals surface area contributed by atoms with E-state index in [-0.39, 0.29) is 11.7 Å². The smallest absolute Gasteiger partial charge is 0.152 e. The topological polar surface area (TPSA) is 38.7 Å². The number of rotatable bonds is 5. The molecule has 3 heteroatoms. The largest absolute Gasteiger partial charge is 0.493 e. The SMILES string of the molecule is CC(=O)C=C1CCC(COC2=CC=C=C(C3C=CN=C3)C=C2)CC1. The molecule has 0 aromatic rings. The normalized spacial score (nSPS) is 25.3. The summed E-state index contributed by atoms with van der Waals surface area (Å²) < 4.78 is 5.98. The van der Waals surface area contributed by atoms with Crippen molar-refractivity contribution in [3.05, 3.63) is 65.3 Å². The van der Waals surface area contributed by atoms with Crippen molar-refractivity contribution in [3.8, 4) is 0 Å². The second-order valence-electron chi connectivity index (χ2n) is 6.50. The molecule has 1 saturated carbocycles. The number of hydrogen-bond acceptors (Lipinski definition) is 3. The van der Waals surface area contributed by atoms with Crippen LogP contribution in [0.15, 0.2) is 70.3 Å². The molecule has 1 unspecified atom stereocenters. The number of aliphatic imine (C=N–C) groups is 1. The van der Waals surface area contributed by atoms with Gasteiger partial charge in [-0.05, 0) is 68.9 Å². The Morgan fingerprint density at radius 3 is 2.92 bits per heavy atom. The Morgan fingerprint density at radius 1 is 1.38 bits per heavy atom. The maximum absolute atomic E-state index is 11.1. The highest BCUT2D eigenvalue weighted by atomic mass is 16.5. The molecule has 0 spiro atoms. The summed E-state index contributed by atoms with van der Waals surface area (Å²) in [5.41, 5.74) is 5.67. The van der Waals surface area contributed by atoms with Crippen molar-refractivity contribution < 1.29 is 9.53 Å². The number of allylic oxidation sites excluding steroid dienone is 7. The second-order valence-corrected chi connectivity index (χ2v) is 6.50. The van der Waals surface area contributed by atoms with Gasteiger partial charge in [-0.15, -0.1) is 5.73 Å². The summed E-state index contributed by atoms with van der Waals surface area (Å²) in [4.78, 5) is 15.3. The number of hydrogen-bond donors (Lipinski definition) is 0. The van der Waals surface area contributed by atoms with Gasteiger partial charge in [-0.25, -0.2) is 0 Å². The fraction of sp³-hybridized carbons (Fsp3) is 0.381. The monoisotopic (exact) mass is 321 g/mol. The Morgan fingerprint density at radius 2 is 2.21 bits per heavy atom. The standard InChI is InChI=1S/C21H23NO2/c1-16(23)13-17-5-7-18(8-6-17)15-24-21-4-2-3-19(9-10-21)20-11-12-22-14-20/h2,4,9-14,18,20H,5-8,15H2,1H3. The second kappa shape index (κ2) is 7.94.